The Kier molecular flexibility index (Phi) is 6.81. The number of carboxylic acid groups (broad SMARTS) is 1. The molecule has 3 N–H and O–H groups in total. The van der Waals surface area contributed by atoms with Crippen molar-refractivity contribution in [3.63, 3.8) is 0 Å². The second kappa shape index (κ2) is 9.50. The molecule has 0 saturated heterocycles. The lowest BCUT2D eigenvalue weighted by Crippen LogP contribution is -2.33. The largest absolute Gasteiger partial charge is 0.481 e. The van der Waals surface area contributed by atoms with E-state index in [0.717, 1.165) is 12.8 Å². The minimum atomic E-state index is -0.805. The molecule has 148 valence electrons. The lowest BCUT2D eigenvalue weighted by molar-refractivity contribution is -0.141. The number of rotatable bonds is 8. The van der Waals surface area contributed by atoms with Gasteiger partial charge < -0.3 is 15.7 Å². The molecule has 2 amide bonds. The fraction of sp³-hybridized carbons (Fsp3) is 0.381. The number of aliphatic carboxylic acids is 1. The molecule has 1 aliphatic carbocycles. The molecule has 0 spiro atoms. The number of amides is 2. The predicted octanol–water partition coefficient (Wildman–Crippen LogP) is 3.69. The number of nitrogens with one attached hydrogen (secondary N) is 2. The van der Waals surface area contributed by atoms with Crippen LogP contribution in [0.25, 0.3) is 0 Å². The van der Waals surface area contributed by atoms with Crippen LogP contribution in [0.4, 0.5) is 5.69 Å². The third-order valence-electron chi connectivity index (χ3n) is 4.93. The maximum atomic E-state index is 12.4. The zero-order valence-corrected chi connectivity index (χ0v) is 16.3. The van der Waals surface area contributed by atoms with E-state index in [-0.39, 0.29) is 23.8 Å². The van der Waals surface area contributed by atoms with Crippen molar-refractivity contribution in [1.82, 2.24) is 5.32 Å². The van der Waals surface area contributed by atoms with E-state index in [4.69, 9.17) is 5.11 Å². The number of benzene rings is 1. The Bertz CT molecular complexity index is 835. The Balaban J connectivity index is 1.48. The van der Waals surface area contributed by atoms with Gasteiger partial charge in [-0.2, -0.15) is 0 Å². The Morgan fingerprint density at radius 3 is 2.71 bits per heavy atom. The second-order valence-corrected chi connectivity index (χ2v) is 8.11. The van der Waals surface area contributed by atoms with E-state index in [1.807, 2.05) is 11.4 Å². The number of hydrogen-bond donors (Lipinski definition) is 3. The molecule has 3 rings (SSSR count). The predicted molar refractivity (Wildman–Crippen MR) is 109 cm³/mol. The first kappa shape index (κ1) is 20.1. The van der Waals surface area contributed by atoms with Crippen LogP contribution >= 0.6 is 11.3 Å². The molecule has 1 aromatic heterocycles. The minimum absolute atomic E-state index is 0.0748. The van der Waals surface area contributed by atoms with E-state index < -0.39 is 5.97 Å². The van der Waals surface area contributed by atoms with Crippen molar-refractivity contribution in [3.05, 3.63) is 52.2 Å². The van der Waals surface area contributed by atoms with Crippen molar-refractivity contribution in [3.8, 4) is 0 Å². The highest BCUT2D eigenvalue weighted by Gasteiger charge is 2.30. The number of carbonyl (C=O) groups is 3. The molecule has 1 fully saturated rings. The molecular formula is C21H24N2O4S. The molecule has 7 heteroatoms. The van der Waals surface area contributed by atoms with Crippen LogP contribution < -0.4 is 10.6 Å². The summed E-state index contributed by atoms with van der Waals surface area (Å²) in [5.74, 6) is -1.51. The van der Waals surface area contributed by atoms with Gasteiger partial charge in [0, 0.05) is 28.6 Å². The Morgan fingerprint density at radius 1 is 1.14 bits per heavy atom. The number of thiophene rings is 1. The highest BCUT2D eigenvalue weighted by molar-refractivity contribution is 7.09. The lowest BCUT2D eigenvalue weighted by atomic mass is 10.1. The van der Waals surface area contributed by atoms with Gasteiger partial charge in [0.1, 0.15) is 0 Å². The topological polar surface area (TPSA) is 95.5 Å². The molecule has 0 radical (unpaired) electrons. The van der Waals surface area contributed by atoms with E-state index in [1.165, 1.54) is 4.88 Å². The lowest BCUT2D eigenvalue weighted by Gasteiger charge is -2.13. The van der Waals surface area contributed by atoms with Gasteiger partial charge in [-0.1, -0.05) is 12.1 Å². The summed E-state index contributed by atoms with van der Waals surface area (Å²) in [6, 6.07) is 10.8. The van der Waals surface area contributed by atoms with Gasteiger partial charge in [0.15, 0.2) is 0 Å². The molecular weight excluding hydrogens is 376 g/mol. The molecule has 1 aromatic carbocycles. The van der Waals surface area contributed by atoms with Gasteiger partial charge >= 0.3 is 5.97 Å². The third-order valence-corrected chi connectivity index (χ3v) is 5.87. The fourth-order valence-electron chi connectivity index (χ4n) is 3.45. The summed E-state index contributed by atoms with van der Waals surface area (Å²) >= 11 is 1.69. The van der Waals surface area contributed by atoms with E-state index in [1.54, 1.807) is 35.6 Å². The summed E-state index contributed by atoms with van der Waals surface area (Å²) in [6.45, 7) is 0. The van der Waals surface area contributed by atoms with Gasteiger partial charge in [-0.05, 0) is 61.7 Å². The van der Waals surface area contributed by atoms with Crippen LogP contribution in [0.3, 0.4) is 0 Å². The first-order valence-corrected chi connectivity index (χ1v) is 10.3. The van der Waals surface area contributed by atoms with Crippen molar-refractivity contribution >= 4 is 34.8 Å². The average molecular weight is 401 g/mol. The second-order valence-electron chi connectivity index (χ2n) is 7.08. The van der Waals surface area contributed by atoms with Gasteiger partial charge in [0.2, 0.25) is 5.91 Å². The Hall–Kier alpha value is -2.67. The first-order valence-electron chi connectivity index (χ1n) is 9.47. The zero-order valence-electron chi connectivity index (χ0n) is 15.5. The monoisotopic (exact) mass is 400 g/mol. The molecule has 2 atom stereocenters. The van der Waals surface area contributed by atoms with Crippen LogP contribution in [0.2, 0.25) is 0 Å². The minimum Gasteiger partial charge on any atom is -0.481 e. The van der Waals surface area contributed by atoms with Crippen LogP contribution in [0.15, 0.2) is 41.8 Å². The Morgan fingerprint density at radius 2 is 2.00 bits per heavy atom. The van der Waals surface area contributed by atoms with Crippen LogP contribution in [0.5, 0.6) is 0 Å². The van der Waals surface area contributed by atoms with Crippen molar-refractivity contribution in [2.45, 2.75) is 44.6 Å². The van der Waals surface area contributed by atoms with Crippen molar-refractivity contribution in [2.24, 2.45) is 5.92 Å². The molecule has 1 aliphatic rings. The number of hydrogen-bond acceptors (Lipinski definition) is 4. The van der Waals surface area contributed by atoms with Crippen molar-refractivity contribution in [1.29, 1.82) is 0 Å². The van der Waals surface area contributed by atoms with Crippen LogP contribution in [0, 0.1) is 5.92 Å². The summed E-state index contributed by atoms with van der Waals surface area (Å²) in [4.78, 5) is 36.9. The summed E-state index contributed by atoms with van der Waals surface area (Å²) in [6.07, 6.45) is 3.80. The van der Waals surface area contributed by atoms with Crippen LogP contribution in [-0.2, 0) is 16.0 Å². The highest BCUT2D eigenvalue weighted by Crippen LogP contribution is 2.26. The zero-order chi connectivity index (χ0) is 19.9. The summed E-state index contributed by atoms with van der Waals surface area (Å²) in [5.41, 5.74) is 1.04. The van der Waals surface area contributed by atoms with Gasteiger partial charge in [-0.15, -0.1) is 11.3 Å². The van der Waals surface area contributed by atoms with Crippen molar-refractivity contribution in [2.75, 3.05) is 5.32 Å². The van der Waals surface area contributed by atoms with Crippen LogP contribution in [-0.4, -0.2) is 28.9 Å². The maximum absolute atomic E-state index is 12.4. The molecule has 1 heterocycles. The Labute approximate surface area is 168 Å². The molecule has 0 unspecified atom stereocenters. The van der Waals surface area contributed by atoms with E-state index in [9.17, 15) is 14.4 Å². The summed E-state index contributed by atoms with van der Waals surface area (Å²) in [7, 11) is 0. The highest BCUT2D eigenvalue weighted by atomic mass is 32.1. The molecule has 28 heavy (non-hydrogen) atoms. The molecule has 0 aliphatic heterocycles. The SMILES string of the molecule is O=C(CCCc1cccs1)Nc1cccc(C(=O)N[C@@H]2CC[C@H](C(=O)O)C2)c1. The number of anilines is 1. The number of aryl methyl sites for hydroxylation is 1. The van der Waals surface area contributed by atoms with Gasteiger partial charge in [0.25, 0.3) is 5.91 Å². The average Bonchev–Trinajstić information content (AvgIpc) is 3.34. The molecule has 1 saturated carbocycles. The standard InChI is InChI=1S/C21H24N2O4S/c24-19(8-2-6-18-7-3-11-28-18)22-16-5-1-4-14(12-16)20(25)23-17-10-9-15(13-17)21(26)27/h1,3-5,7,11-12,15,17H,2,6,8-10,13H2,(H,22,24)(H,23,25)(H,26,27)/t15-,17+/m0/s1. The van der Waals surface area contributed by atoms with E-state index >= 15 is 0 Å². The van der Waals surface area contributed by atoms with Gasteiger partial charge in [-0.3, -0.25) is 14.4 Å². The third kappa shape index (κ3) is 5.66. The quantitative estimate of drug-likeness (QED) is 0.630. The maximum Gasteiger partial charge on any atom is 0.306 e. The normalized spacial score (nSPS) is 18.6. The van der Waals surface area contributed by atoms with E-state index in [0.29, 0.717) is 36.9 Å². The molecule has 6 nitrogen and oxygen atoms in total. The number of carbonyl (C=O) groups excluding carboxylic acids is 2. The summed E-state index contributed by atoms with van der Waals surface area (Å²) < 4.78 is 0. The van der Waals surface area contributed by atoms with Crippen LogP contribution in [0.1, 0.15) is 47.3 Å². The smallest absolute Gasteiger partial charge is 0.306 e. The molecule has 0 bridgehead atoms. The van der Waals surface area contributed by atoms with Gasteiger partial charge in [-0.25, -0.2) is 0 Å². The molecule has 2 aromatic rings. The fourth-order valence-corrected chi connectivity index (χ4v) is 4.20. The number of carboxylic acids is 1. The van der Waals surface area contributed by atoms with Crippen molar-refractivity contribution < 1.29 is 19.5 Å². The van der Waals surface area contributed by atoms with Gasteiger partial charge in [0.05, 0.1) is 5.92 Å². The first-order chi connectivity index (χ1) is 13.5. The summed E-state index contributed by atoms with van der Waals surface area (Å²) in [5, 5.41) is 16.8. The van der Waals surface area contributed by atoms with E-state index in [2.05, 4.69) is 16.7 Å².